The average molecular weight is 556 g/mol. The summed E-state index contributed by atoms with van der Waals surface area (Å²) in [4.78, 5) is 42.7. The number of halogens is 2. The van der Waals surface area contributed by atoms with E-state index in [4.69, 9.17) is 21.4 Å². The first-order valence-corrected chi connectivity index (χ1v) is 12.7. The summed E-state index contributed by atoms with van der Waals surface area (Å²) in [5, 5.41) is 19.6. The van der Waals surface area contributed by atoms with Crippen LogP contribution in [0.5, 0.6) is 0 Å². The first-order valence-electron chi connectivity index (χ1n) is 11.4. The van der Waals surface area contributed by atoms with Crippen LogP contribution in [0.2, 0.25) is 5.02 Å². The van der Waals surface area contributed by atoms with E-state index >= 15 is 0 Å². The fourth-order valence-electron chi connectivity index (χ4n) is 5.72. The number of benzene rings is 1. The van der Waals surface area contributed by atoms with Gasteiger partial charge in [0, 0.05) is 35.2 Å². The first kappa shape index (κ1) is 25.2. The van der Waals surface area contributed by atoms with Crippen molar-refractivity contribution in [2.24, 2.45) is 11.8 Å². The van der Waals surface area contributed by atoms with Crippen LogP contribution >= 0.6 is 27.5 Å². The summed E-state index contributed by atoms with van der Waals surface area (Å²) < 4.78 is 6.29. The molecule has 2 N–H and O–H groups in total. The maximum Gasteiger partial charge on any atom is 0.310 e. The van der Waals surface area contributed by atoms with Crippen molar-refractivity contribution in [3.8, 4) is 0 Å². The predicted molar refractivity (Wildman–Crippen MR) is 130 cm³/mol. The smallest absolute Gasteiger partial charge is 0.310 e. The van der Waals surface area contributed by atoms with E-state index in [0.29, 0.717) is 36.4 Å². The number of carboxylic acids is 1. The molecule has 3 heterocycles. The fourth-order valence-corrected chi connectivity index (χ4v) is 6.79. The second-order valence-corrected chi connectivity index (χ2v) is 10.6. The Hall–Kier alpha value is -1.94. The zero-order valence-electron chi connectivity index (χ0n) is 18.6. The lowest BCUT2D eigenvalue weighted by atomic mass is 9.70. The molecule has 6 atom stereocenters. The maximum absolute atomic E-state index is 14.1. The quantitative estimate of drug-likeness (QED) is 0.261. The van der Waals surface area contributed by atoms with Crippen molar-refractivity contribution in [3.63, 3.8) is 0 Å². The highest BCUT2D eigenvalue weighted by Gasteiger charge is 2.76. The molecule has 1 aromatic rings. The van der Waals surface area contributed by atoms with Crippen LogP contribution in [-0.2, 0) is 19.1 Å². The molecule has 2 bridgehead atoms. The molecule has 3 aliphatic rings. The van der Waals surface area contributed by atoms with E-state index in [-0.39, 0.29) is 36.3 Å². The molecule has 4 rings (SSSR count). The number of amides is 2. The van der Waals surface area contributed by atoms with Crippen molar-refractivity contribution in [3.05, 3.63) is 41.9 Å². The summed E-state index contributed by atoms with van der Waals surface area (Å²) in [6.45, 7) is 4.30. The van der Waals surface area contributed by atoms with E-state index in [1.807, 2.05) is 0 Å². The third kappa shape index (κ3) is 4.06. The SMILES string of the molecule is C=CCN(C(=O)[C@H]1N(CCCCCO)C(=O)[C@@H]2[C@@H](C(=O)O)[C@@H]3O[C@@]21CC3Br)c1ccc(Cl)cc1. The summed E-state index contributed by atoms with van der Waals surface area (Å²) in [6, 6.07) is 5.84. The molecule has 34 heavy (non-hydrogen) atoms. The number of rotatable bonds is 10. The maximum atomic E-state index is 14.1. The fraction of sp³-hybridized carbons (Fsp3) is 0.542. The number of carbonyl (C=O) groups is 3. The highest BCUT2D eigenvalue weighted by atomic mass is 79.9. The second kappa shape index (κ2) is 9.97. The molecule has 0 radical (unpaired) electrons. The van der Waals surface area contributed by atoms with Crippen molar-refractivity contribution in [2.75, 3.05) is 24.6 Å². The van der Waals surface area contributed by atoms with Crippen molar-refractivity contribution in [2.45, 2.75) is 48.3 Å². The topological polar surface area (TPSA) is 107 Å². The highest BCUT2D eigenvalue weighted by Crippen LogP contribution is 2.60. The number of carbonyl (C=O) groups excluding carboxylic acids is 2. The summed E-state index contributed by atoms with van der Waals surface area (Å²) >= 11 is 9.58. The van der Waals surface area contributed by atoms with Crippen LogP contribution in [0.4, 0.5) is 5.69 Å². The van der Waals surface area contributed by atoms with Gasteiger partial charge in [-0.25, -0.2) is 0 Å². The minimum Gasteiger partial charge on any atom is -0.481 e. The van der Waals surface area contributed by atoms with Crippen LogP contribution in [0.25, 0.3) is 0 Å². The van der Waals surface area contributed by atoms with E-state index in [1.54, 1.807) is 30.3 Å². The van der Waals surface area contributed by atoms with Gasteiger partial charge in [-0.3, -0.25) is 14.4 Å². The first-order chi connectivity index (χ1) is 16.3. The molecule has 8 nitrogen and oxygen atoms in total. The van der Waals surface area contributed by atoms with Crippen LogP contribution in [0.15, 0.2) is 36.9 Å². The molecule has 10 heteroatoms. The molecule has 0 aromatic heterocycles. The van der Waals surface area contributed by atoms with Crippen LogP contribution in [0.1, 0.15) is 25.7 Å². The Morgan fingerprint density at radius 1 is 1.29 bits per heavy atom. The molecule has 1 aromatic carbocycles. The Morgan fingerprint density at radius 3 is 2.62 bits per heavy atom. The van der Waals surface area contributed by atoms with Crippen molar-refractivity contribution in [1.29, 1.82) is 0 Å². The standard InChI is InChI=1S/C24H28BrClN2O6/c1-2-10-27(15-8-6-14(26)7-9-15)22(31)20-24-13-16(25)19(34-24)17(23(32)33)18(24)21(30)28(20)11-4-3-5-12-29/h2,6-9,16-20,29H,1,3-5,10-13H2,(H,32,33)/t16?,17-,18+,19-,20-,24+/m1/s1. The molecule has 0 aliphatic carbocycles. The van der Waals surface area contributed by atoms with Gasteiger partial charge in [0.05, 0.1) is 17.9 Å². The Morgan fingerprint density at radius 2 is 2.00 bits per heavy atom. The van der Waals surface area contributed by atoms with E-state index in [9.17, 15) is 19.5 Å². The van der Waals surface area contributed by atoms with Crippen molar-refractivity contribution < 1.29 is 29.3 Å². The number of hydrogen-bond acceptors (Lipinski definition) is 5. The van der Waals surface area contributed by atoms with Gasteiger partial charge in [0.1, 0.15) is 11.6 Å². The highest BCUT2D eigenvalue weighted by molar-refractivity contribution is 9.09. The van der Waals surface area contributed by atoms with Gasteiger partial charge in [-0.1, -0.05) is 33.6 Å². The van der Waals surface area contributed by atoms with Gasteiger partial charge in [-0.05, 0) is 49.9 Å². The minimum absolute atomic E-state index is 0.0453. The van der Waals surface area contributed by atoms with E-state index in [2.05, 4.69) is 22.5 Å². The lowest BCUT2D eigenvalue weighted by Gasteiger charge is -2.37. The van der Waals surface area contributed by atoms with Crippen molar-refractivity contribution in [1.82, 2.24) is 4.90 Å². The average Bonchev–Trinajstić information content (AvgIpc) is 3.39. The Bertz CT molecular complexity index is 975. The number of hydrogen-bond donors (Lipinski definition) is 2. The zero-order chi connectivity index (χ0) is 24.6. The van der Waals surface area contributed by atoms with Gasteiger partial charge in [0.2, 0.25) is 5.91 Å². The number of aliphatic carboxylic acids is 1. The molecule has 2 amide bonds. The van der Waals surface area contributed by atoms with Gasteiger partial charge in [-0.2, -0.15) is 0 Å². The van der Waals surface area contributed by atoms with Crippen LogP contribution in [-0.4, -0.2) is 75.2 Å². The molecular formula is C24H28BrClN2O6. The van der Waals surface area contributed by atoms with E-state index < -0.39 is 35.6 Å². The number of aliphatic hydroxyl groups is 1. The molecule has 1 spiro atoms. The monoisotopic (exact) mass is 554 g/mol. The molecule has 184 valence electrons. The summed E-state index contributed by atoms with van der Waals surface area (Å²) in [6.07, 6.45) is 3.14. The van der Waals surface area contributed by atoms with Gasteiger partial charge < -0.3 is 24.7 Å². The lowest BCUT2D eigenvalue weighted by Crippen LogP contribution is -2.57. The predicted octanol–water partition coefficient (Wildman–Crippen LogP) is 2.85. The number of unbranched alkanes of at least 4 members (excludes halogenated alkanes) is 2. The number of fused-ring (bicyclic) bond motifs is 1. The third-order valence-electron chi connectivity index (χ3n) is 7.08. The summed E-state index contributed by atoms with van der Waals surface area (Å²) in [7, 11) is 0. The number of likely N-dealkylation sites (tertiary alicyclic amines) is 1. The largest absolute Gasteiger partial charge is 0.481 e. The molecule has 3 aliphatic heterocycles. The number of anilines is 1. The van der Waals surface area contributed by atoms with Gasteiger partial charge >= 0.3 is 5.97 Å². The second-order valence-electron chi connectivity index (χ2n) is 9.03. The van der Waals surface area contributed by atoms with Crippen molar-refractivity contribution >= 4 is 51.0 Å². The number of carboxylic acid groups (broad SMARTS) is 1. The van der Waals surface area contributed by atoms with Crippen LogP contribution < -0.4 is 4.90 Å². The number of alkyl halides is 1. The minimum atomic E-state index is -1.22. The molecule has 3 saturated heterocycles. The molecule has 0 saturated carbocycles. The molecule has 1 unspecified atom stereocenters. The Labute approximate surface area is 211 Å². The van der Waals surface area contributed by atoms with Gasteiger partial charge in [-0.15, -0.1) is 6.58 Å². The molecular weight excluding hydrogens is 528 g/mol. The number of ether oxygens (including phenoxy) is 1. The third-order valence-corrected chi connectivity index (χ3v) is 8.18. The summed E-state index contributed by atoms with van der Waals surface area (Å²) in [5.74, 6) is -3.74. The van der Waals surface area contributed by atoms with Crippen LogP contribution in [0.3, 0.4) is 0 Å². The Kier molecular flexibility index (Phi) is 7.38. The number of nitrogens with zero attached hydrogens (tertiary/aromatic N) is 2. The lowest BCUT2D eigenvalue weighted by molar-refractivity contribution is -0.149. The zero-order valence-corrected chi connectivity index (χ0v) is 21.0. The number of aliphatic hydroxyl groups excluding tert-OH is 1. The van der Waals surface area contributed by atoms with E-state index in [0.717, 1.165) is 0 Å². The normalized spacial score (nSPS) is 31.6. The summed E-state index contributed by atoms with van der Waals surface area (Å²) in [5.41, 5.74) is -0.627. The van der Waals surface area contributed by atoms with E-state index in [1.165, 1.54) is 9.80 Å². The van der Waals surface area contributed by atoms with Gasteiger partial charge in [0.25, 0.3) is 5.91 Å². The Balaban J connectivity index is 1.74. The molecule has 3 fully saturated rings. The van der Waals surface area contributed by atoms with Crippen LogP contribution in [0, 0.1) is 11.8 Å². The van der Waals surface area contributed by atoms with Gasteiger partial charge in [0.15, 0.2) is 0 Å².